The number of piperidine rings is 1. The van der Waals surface area contributed by atoms with E-state index in [-0.39, 0.29) is 6.03 Å². The van der Waals surface area contributed by atoms with E-state index in [4.69, 9.17) is 0 Å². The molecule has 24 heavy (non-hydrogen) atoms. The summed E-state index contributed by atoms with van der Waals surface area (Å²) >= 11 is 0. The van der Waals surface area contributed by atoms with Crippen molar-refractivity contribution >= 4 is 11.7 Å². The van der Waals surface area contributed by atoms with E-state index < -0.39 is 0 Å². The van der Waals surface area contributed by atoms with Gasteiger partial charge >= 0.3 is 6.03 Å². The zero-order valence-corrected chi connectivity index (χ0v) is 14.5. The van der Waals surface area contributed by atoms with Crippen molar-refractivity contribution in [2.75, 3.05) is 18.4 Å². The van der Waals surface area contributed by atoms with Crippen LogP contribution in [0.3, 0.4) is 0 Å². The fourth-order valence-corrected chi connectivity index (χ4v) is 3.19. The highest BCUT2D eigenvalue weighted by Crippen LogP contribution is 2.27. The topological polar surface area (TPSA) is 73.9 Å². The highest BCUT2D eigenvalue weighted by Gasteiger charge is 2.26. The molecule has 128 valence electrons. The lowest BCUT2D eigenvalue weighted by molar-refractivity contribution is 0.193. The third kappa shape index (κ3) is 3.58. The second-order valence-electron chi connectivity index (χ2n) is 6.71. The Balaban J connectivity index is 1.60. The highest BCUT2D eigenvalue weighted by molar-refractivity contribution is 5.90. The van der Waals surface area contributed by atoms with Gasteiger partial charge in [-0.3, -0.25) is 5.10 Å². The van der Waals surface area contributed by atoms with Gasteiger partial charge in [0.05, 0.1) is 0 Å². The molecule has 0 bridgehead atoms. The number of carbonyl (C=O) groups is 1. The molecule has 0 unspecified atom stereocenters. The summed E-state index contributed by atoms with van der Waals surface area (Å²) in [6.45, 7) is 7.64. The maximum atomic E-state index is 12.6. The fraction of sp³-hybridized carbons (Fsp3) is 0.500. The van der Waals surface area contributed by atoms with E-state index in [0.29, 0.717) is 11.8 Å². The second-order valence-corrected chi connectivity index (χ2v) is 6.71. The number of urea groups is 1. The van der Waals surface area contributed by atoms with Gasteiger partial charge in [-0.25, -0.2) is 9.78 Å². The van der Waals surface area contributed by atoms with Crippen molar-refractivity contribution in [3.05, 3.63) is 41.5 Å². The van der Waals surface area contributed by atoms with Crippen molar-refractivity contribution in [3.63, 3.8) is 0 Å². The lowest BCUT2D eigenvalue weighted by Gasteiger charge is -2.31. The van der Waals surface area contributed by atoms with Crippen LogP contribution in [0.2, 0.25) is 0 Å². The van der Waals surface area contributed by atoms with Crippen molar-refractivity contribution in [2.45, 2.75) is 45.4 Å². The van der Waals surface area contributed by atoms with Crippen molar-refractivity contribution in [1.82, 2.24) is 20.1 Å². The molecule has 1 aliphatic heterocycles. The molecule has 0 saturated carbocycles. The first-order valence-corrected chi connectivity index (χ1v) is 8.58. The number of benzene rings is 1. The van der Waals surface area contributed by atoms with Gasteiger partial charge in [0.15, 0.2) is 5.82 Å². The largest absolute Gasteiger partial charge is 0.324 e. The van der Waals surface area contributed by atoms with Crippen LogP contribution in [-0.2, 0) is 0 Å². The van der Waals surface area contributed by atoms with Crippen LogP contribution in [-0.4, -0.2) is 39.2 Å². The number of aromatic nitrogens is 3. The Morgan fingerprint density at radius 1 is 1.29 bits per heavy atom. The Labute approximate surface area is 142 Å². The minimum atomic E-state index is -0.0206. The van der Waals surface area contributed by atoms with Crippen LogP contribution in [0.1, 0.15) is 55.7 Å². The average molecular weight is 327 g/mol. The monoisotopic (exact) mass is 327 g/mol. The molecule has 0 spiro atoms. The van der Waals surface area contributed by atoms with Crippen LogP contribution in [0.15, 0.2) is 24.3 Å². The van der Waals surface area contributed by atoms with Crippen LogP contribution in [0.25, 0.3) is 0 Å². The van der Waals surface area contributed by atoms with Gasteiger partial charge in [0.1, 0.15) is 5.82 Å². The molecule has 1 saturated heterocycles. The van der Waals surface area contributed by atoms with E-state index in [1.165, 1.54) is 0 Å². The number of para-hydroxylation sites is 1. The zero-order valence-electron chi connectivity index (χ0n) is 14.5. The first-order chi connectivity index (χ1) is 11.5. The van der Waals surface area contributed by atoms with Gasteiger partial charge in [-0.1, -0.05) is 32.0 Å². The molecule has 0 radical (unpaired) electrons. The van der Waals surface area contributed by atoms with Crippen molar-refractivity contribution < 1.29 is 4.79 Å². The molecule has 6 nitrogen and oxygen atoms in total. The molecule has 2 aromatic rings. The number of aromatic amines is 1. The molecule has 2 N–H and O–H groups in total. The quantitative estimate of drug-likeness (QED) is 0.903. The van der Waals surface area contributed by atoms with Gasteiger partial charge < -0.3 is 10.2 Å². The summed E-state index contributed by atoms with van der Waals surface area (Å²) in [6, 6.07) is 7.98. The average Bonchev–Trinajstić information content (AvgIpc) is 3.02. The first-order valence-electron chi connectivity index (χ1n) is 8.58. The summed E-state index contributed by atoms with van der Waals surface area (Å²) in [4.78, 5) is 18.9. The fourth-order valence-electron chi connectivity index (χ4n) is 3.19. The number of hydrogen-bond acceptors (Lipinski definition) is 3. The predicted molar refractivity (Wildman–Crippen MR) is 94.2 cm³/mol. The number of likely N-dealkylation sites (tertiary alicyclic amines) is 1. The molecule has 2 heterocycles. The van der Waals surface area contributed by atoms with Crippen LogP contribution >= 0.6 is 0 Å². The van der Waals surface area contributed by atoms with Crippen molar-refractivity contribution in [1.29, 1.82) is 0 Å². The number of amides is 2. The standard InChI is InChI=1S/C18H25N5O/c1-12(2)15-6-4-5-7-16(15)20-18(24)23-10-8-14(9-11-23)17-19-13(3)21-22-17/h4-7,12,14H,8-11H2,1-3H3,(H,20,24)(H,19,21,22). The van der Waals surface area contributed by atoms with Crippen LogP contribution in [0.4, 0.5) is 10.5 Å². The summed E-state index contributed by atoms with van der Waals surface area (Å²) in [5.74, 6) is 2.43. The van der Waals surface area contributed by atoms with Crippen LogP contribution in [0, 0.1) is 6.92 Å². The first kappa shape index (κ1) is 16.5. The molecule has 1 fully saturated rings. The molecular weight excluding hydrogens is 302 g/mol. The minimum absolute atomic E-state index is 0.0206. The van der Waals surface area contributed by atoms with Crippen LogP contribution in [0.5, 0.6) is 0 Å². The van der Waals surface area contributed by atoms with E-state index in [2.05, 4.69) is 40.4 Å². The van der Waals surface area contributed by atoms with Crippen LogP contribution < -0.4 is 5.32 Å². The predicted octanol–water partition coefficient (Wildman–Crippen LogP) is 3.65. The summed E-state index contributed by atoms with van der Waals surface area (Å²) in [7, 11) is 0. The normalized spacial score (nSPS) is 15.8. The number of hydrogen-bond donors (Lipinski definition) is 2. The van der Waals surface area contributed by atoms with Gasteiger partial charge in [-0.05, 0) is 37.3 Å². The Hall–Kier alpha value is -2.37. The molecule has 3 rings (SSSR count). The van der Waals surface area contributed by atoms with E-state index >= 15 is 0 Å². The number of nitrogens with zero attached hydrogens (tertiary/aromatic N) is 3. The van der Waals surface area contributed by atoms with Crippen molar-refractivity contribution in [2.24, 2.45) is 0 Å². The van der Waals surface area contributed by atoms with E-state index in [1.54, 1.807) is 0 Å². The number of carbonyl (C=O) groups excluding carboxylic acids is 1. The van der Waals surface area contributed by atoms with Gasteiger partial charge in [-0.2, -0.15) is 5.10 Å². The number of H-pyrrole nitrogens is 1. The Kier molecular flexibility index (Phi) is 4.83. The molecule has 6 heteroatoms. The van der Waals surface area contributed by atoms with E-state index in [1.807, 2.05) is 30.0 Å². The number of aryl methyl sites for hydroxylation is 1. The lowest BCUT2D eigenvalue weighted by Crippen LogP contribution is -2.40. The molecule has 2 amide bonds. The third-order valence-corrected chi connectivity index (χ3v) is 4.59. The van der Waals surface area contributed by atoms with E-state index in [0.717, 1.165) is 48.8 Å². The SMILES string of the molecule is Cc1nc(C2CCN(C(=O)Nc3ccccc3C(C)C)CC2)n[nH]1. The Bertz CT molecular complexity index is 701. The third-order valence-electron chi connectivity index (χ3n) is 4.59. The summed E-state index contributed by atoms with van der Waals surface area (Å²) < 4.78 is 0. The smallest absolute Gasteiger partial charge is 0.321 e. The molecule has 1 aliphatic rings. The maximum Gasteiger partial charge on any atom is 0.321 e. The molecule has 0 atom stereocenters. The summed E-state index contributed by atoms with van der Waals surface area (Å²) in [5.41, 5.74) is 2.07. The Morgan fingerprint density at radius 2 is 2.00 bits per heavy atom. The van der Waals surface area contributed by atoms with Gasteiger partial charge in [0, 0.05) is 24.7 Å². The van der Waals surface area contributed by atoms with E-state index in [9.17, 15) is 4.79 Å². The molecular formula is C18H25N5O. The van der Waals surface area contributed by atoms with Gasteiger partial charge in [-0.15, -0.1) is 0 Å². The second kappa shape index (κ2) is 7.03. The molecule has 1 aromatic carbocycles. The molecule has 0 aliphatic carbocycles. The Morgan fingerprint density at radius 3 is 2.62 bits per heavy atom. The molecule has 1 aromatic heterocycles. The highest BCUT2D eigenvalue weighted by atomic mass is 16.2. The number of anilines is 1. The number of rotatable bonds is 3. The minimum Gasteiger partial charge on any atom is -0.324 e. The summed E-state index contributed by atoms with van der Waals surface area (Å²) in [6.07, 6.45) is 1.80. The maximum absolute atomic E-state index is 12.6. The van der Waals surface area contributed by atoms with Crippen molar-refractivity contribution in [3.8, 4) is 0 Å². The van der Waals surface area contributed by atoms with Gasteiger partial charge in [0.25, 0.3) is 0 Å². The summed E-state index contributed by atoms with van der Waals surface area (Å²) in [5, 5.41) is 10.2. The zero-order chi connectivity index (χ0) is 17.1. The lowest BCUT2D eigenvalue weighted by atomic mass is 9.96. The van der Waals surface area contributed by atoms with Gasteiger partial charge in [0.2, 0.25) is 0 Å². The number of nitrogens with one attached hydrogen (secondary N) is 2.